The second kappa shape index (κ2) is 6.74. The fourth-order valence-electron chi connectivity index (χ4n) is 1.09. The van der Waals surface area contributed by atoms with Crippen molar-refractivity contribution in [3.05, 3.63) is 18.0 Å². The van der Waals surface area contributed by atoms with E-state index in [1.165, 1.54) is 0 Å². The van der Waals surface area contributed by atoms with E-state index in [2.05, 4.69) is 15.3 Å². The lowest BCUT2D eigenvalue weighted by atomic mass is 10.4. The van der Waals surface area contributed by atoms with Gasteiger partial charge in [-0.3, -0.25) is 4.79 Å². The highest BCUT2D eigenvalue weighted by Gasteiger charge is 2.03. The Morgan fingerprint density at radius 1 is 1.65 bits per heavy atom. The summed E-state index contributed by atoms with van der Waals surface area (Å²) in [6.07, 6.45) is 1.81. The number of nitrogens with one attached hydrogen (secondary N) is 1. The molecular weight excluding hydrogens is 240 g/mol. The van der Waals surface area contributed by atoms with Crippen molar-refractivity contribution < 1.29 is 9.53 Å². The average Bonchev–Trinajstić information content (AvgIpc) is 2.30. The van der Waals surface area contributed by atoms with Crippen LogP contribution in [0.5, 0.6) is 0 Å². The minimum Gasteiger partial charge on any atom is -0.466 e. The van der Waals surface area contributed by atoms with Gasteiger partial charge in [0.1, 0.15) is 10.7 Å². The first-order chi connectivity index (χ1) is 8.13. The highest BCUT2D eigenvalue weighted by molar-refractivity contribution is 7.80. The fraction of sp³-hybridized carbons (Fsp3) is 0.400. The zero-order valence-electron chi connectivity index (χ0n) is 9.47. The normalized spacial score (nSPS) is 9.71. The average molecular weight is 254 g/mol. The third kappa shape index (κ3) is 4.73. The fourth-order valence-corrected chi connectivity index (χ4v) is 1.20. The van der Waals surface area contributed by atoms with Gasteiger partial charge in [0.15, 0.2) is 0 Å². The summed E-state index contributed by atoms with van der Waals surface area (Å²) in [6.45, 7) is 2.55. The first-order valence-electron chi connectivity index (χ1n) is 5.15. The van der Waals surface area contributed by atoms with Gasteiger partial charge in [0, 0.05) is 12.7 Å². The van der Waals surface area contributed by atoms with Crippen molar-refractivity contribution in [2.45, 2.75) is 13.3 Å². The van der Waals surface area contributed by atoms with E-state index in [1.54, 1.807) is 19.2 Å². The van der Waals surface area contributed by atoms with Crippen LogP contribution in [0.15, 0.2) is 12.3 Å². The maximum absolute atomic E-state index is 11.1. The summed E-state index contributed by atoms with van der Waals surface area (Å²) in [4.78, 5) is 19.3. The molecule has 3 N–H and O–H groups in total. The standard InChI is InChI=1S/C10H14N4O2S/c1-2-16-8(15)4-6-13-10-12-5-3-7(14-10)9(11)17/h3,5H,2,4,6H2,1H3,(H2,11,17)(H,12,13,14). The first kappa shape index (κ1) is 13.3. The molecule has 0 amide bonds. The SMILES string of the molecule is CCOC(=O)CCNc1nccc(C(N)=S)n1. The Kier molecular flexibility index (Phi) is 5.28. The minimum atomic E-state index is -0.259. The number of carbonyl (C=O) groups is 1. The van der Waals surface area contributed by atoms with Crippen molar-refractivity contribution in [2.24, 2.45) is 5.73 Å². The molecule has 1 rings (SSSR count). The smallest absolute Gasteiger partial charge is 0.307 e. The molecule has 0 saturated heterocycles. The van der Waals surface area contributed by atoms with Crippen LogP contribution in [0.1, 0.15) is 19.0 Å². The Balaban J connectivity index is 2.44. The van der Waals surface area contributed by atoms with Gasteiger partial charge in [-0.1, -0.05) is 12.2 Å². The predicted molar refractivity (Wildman–Crippen MR) is 67.7 cm³/mol. The van der Waals surface area contributed by atoms with Gasteiger partial charge in [-0.05, 0) is 13.0 Å². The van der Waals surface area contributed by atoms with E-state index in [1.807, 2.05) is 0 Å². The Labute approximate surface area is 105 Å². The van der Waals surface area contributed by atoms with Crippen LogP contribution >= 0.6 is 12.2 Å². The molecule has 0 spiro atoms. The van der Waals surface area contributed by atoms with Gasteiger partial charge in [-0.25, -0.2) is 9.97 Å². The zero-order chi connectivity index (χ0) is 12.7. The van der Waals surface area contributed by atoms with Crippen LogP contribution in [0.3, 0.4) is 0 Å². The number of thiocarbonyl (C=S) groups is 1. The van der Waals surface area contributed by atoms with E-state index < -0.39 is 0 Å². The van der Waals surface area contributed by atoms with Gasteiger partial charge in [0.25, 0.3) is 0 Å². The summed E-state index contributed by atoms with van der Waals surface area (Å²) in [7, 11) is 0. The Morgan fingerprint density at radius 3 is 3.06 bits per heavy atom. The Bertz CT molecular complexity index is 411. The van der Waals surface area contributed by atoms with E-state index in [0.29, 0.717) is 24.8 Å². The number of ether oxygens (including phenoxy) is 1. The molecule has 1 aromatic rings. The summed E-state index contributed by atoms with van der Waals surface area (Å²) in [5.74, 6) is 0.130. The van der Waals surface area contributed by atoms with E-state index in [4.69, 9.17) is 22.7 Å². The van der Waals surface area contributed by atoms with Crippen LogP contribution in [0.2, 0.25) is 0 Å². The third-order valence-corrected chi connectivity index (χ3v) is 2.03. The monoisotopic (exact) mass is 254 g/mol. The van der Waals surface area contributed by atoms with Crippen LogP contribution in [-0.2, 0) is 9.53 Å². The van der Waals surface area contributed by atoms with Crippen LogP contribution < -0.4 is 11.1 Å². The molecule has 17 heavy (non-hydrogen) atoms. The molecule has 1 heterocycles. The molecule has 0 aromatic carbocycles. The van der Waals surface area contributed by atoms with Gasteiger partial charge in [0.2, 0.25) is 5.95 Å². The molecular formula is C10H14N4O2S. The minimum absolute atomic E-state index is 0.209. The second-order valence-electron chi connectivity index (χ2n) is 3.11. The molecule has 0 unspecified atom stereocenters. The summed E-state index contributed by atoms with van der Waals surface area (Å²) >= 11 is 4.80. The van der Waals surface area contributed by atoms with Gasteiger partial charge >= 0.3 is 5.97 Å². The molecule has 6 nitrogen and oxygen atoms in total. The summed E-state index contributed by atoms with van der Waals surface area (Å²) in [5, 5.41) is 2.89. The molecule has 92 valence electrons. The largest absolute Gasteiger partial charge is 0.466 e. The van der Waals surface area contributed by atoms with Crippen molar-refractivity contribution in [1.82, 2.24) is 9.97 Å². The molecule has 7 heteroatoms. The number of rotatable bonds is 6. The maximum Gasteiger partial charge on any atom is 0.307 e. The molecule has 0 fully saturated rings. The summed E-state index contributed by atoms with van der Waals surface area (Å²) in [6, 6.07) is 1.62. The van der Waals surface area contributed by atoms with Gasteiger partial charge in [-0.15, -0.1) is 0 Å². The Morgan fingerprint density at radius 2 is 2.41 bits per heavy atom. The topological polar surface area (TPSA) is 90.1 Å². The van der Waals surface area contributed by atoms with Crippen LogP contribution in [-0.4, -0.2) is 34.1 Å². The molecule has 0 radical (unpaired) electrons. The van der Waals surface area contributed by atoms with E-state index >= 15 is 0 Å². The van der Waals surface area contributed by atoms with Crippen molar-refractivity contribution in [2.75, 3.05) is 18.5 Å². The van der Waals surface area contributed by atoms with E-state index in [-0.39, 0.29) is 17.4 Å². The molecule has 0 atom stereocenters. The highest BCUT2D eigenvalue weighted by atomic mass is 32.1. The van der Waals surface area contributed by atoms with Crippen molar-refractivity contribution in [1.29, 1.82) is 0 Å². The van der Waals surface area contributed by atoms with Crippen LogP contribution in [0, 0.1) is 0 Å². The lowest BCUT2D eigenvalue weighted by molar-refractivity contribution is -0.142. The van der Waals surface area contributed by atoms with Crippen LogP contribution in [0.4, 0.5) is 5.95 Å². The van der Waals surface area contributed by atoms with Crippen molar-refractivity contribution >= 4 is 29.1 Å². The molecule has 0 aliphatic heterocycles. The number of aromatic nitrogens is 2. The number of esters is 1. The van der Waals surface area contributed by atoms with Gasteiger partial charge < -0.3 is 15.8 Å². The molecule has 0 bridgehead atoms. The first-order valence-corrected chi connectivity index (χ1v) is 5.56. The van der Waals surface area contributed by atoms with Gasteiger partial charge in [0.05, 0.1) is 13.0 Å². The number of hydrogen-bond donors (Lipinski definition) is 2. The maximum atomic E-state index is 11.1. The van der Waals surface area contributed by atoms with Crippen molar-refractivity contribution in [3.63, 3.8) is 0 Å². The van der Waals surface area contributed by atoms with E-state index in [0.717, 1.165) is 0 Å². The lowest BCUT2D eigenvalue weighted by Crippen LogP contribution is -2.16. The highest BCUT2D eigenvalue weighted by Crippen LogP contribution is 2.00. The third-order valence-electron chi connectivity index (χ3n) is 1.83. The summed E-state index contributed by atoms with van der Waals surface area (Å²) in [5.41, 5.74) is 5.93. The van der Waals surface area contributed by atoms with E-state index in [9.17, 15) is 4.79 Å². The zero-order valence-corrected chi connectivity index (χ0v) is 10.3. The lowest BCUT2D eigenvalue weighted by Gasteiger charge is -2.05. The number of nitrogens with zero attached hydrogens (tertiary/aromatic N) is 2. The number of carbonyl (C=O) groups excluding carboxylic acids is 1. The summed E-state index contributed by atoms with van der Waals surface area (Å²) < 4.78 is 4.78. The molecule has 0 aliphatic rings. The molecule has 0 saturated carbocycles. The molecule has 0 aliphatic carbocycles. The quantitative estimate of drug-likeness (QED) is 0.563. The van der Waals surface area contributed by atoms with Gasteiger partial charge in [-0.2, -0.15) is 0 Å². The number of nitrogens with two attached hydrogens (primary N) is 1. The molecule has 1 aromatic heterocycles. The Hall–Kier alpha value is -1.76. The van der Waals surface area contributed by atoms with Crippen LogP contribution in [0.25, 0.3) is 0 Å². The number of hydrogen-bond acceptors (Lipinski definition) is 6. The number of anilines is 1. The van der Waals surface area contributed by atoms with Crippen molar-refractivity contribution in [3.8, 4) is 0 Å². The second-order valence-corrected chi connectivity index (χ2v) is 3.55. The predicted octanol–water partition coefficient (Wildman–Crippen LogP) is 0.476.